The number of hydrogen-bond acceptors (Lipinski definition) is 4. The maximum absolute atomic E-state index is 13.1. The predicted octanol–water partition coefficient (Wildman–Crippen LogP) is 3.63. The van der Waals surface area contributed by atoms with Gasteiger partial charge in [0.1, 0.15) is 17.5 Å². The second kappa shape index (κ2) is 11.2. The molecule has 0 radical (unpaired) electrons. The van der Waals surface area contributed by atoms with Crippen LogP contribution in [0, 0.1) is 13.8 Å². The molecule has 0 bridgehead atoms. The van der Waals surface area contributed by atoms with Crippen LogP contribution < -0.4 is 14.8 Å². The summed E-state index contributed by atoms with van der Waals surface area (Å²) in [4.78, 5) is 27.2. The first-order chi connectivity index (χ1) is 14.3. The summed E-state index contributed by atoms with van der Waals surface area (Å²) in [5, 5.41) is 2.87. The van der Waals surface area contributed by atoms with Crippen LogP contribution in [-0.4, -0.2) is 43.0 Å². The lowest BCUT2D eigenvalue weighted by Crippen LogP contribution is -2.49. The molecule has 2 aromatic carbocycles. The van der Waals surface area contributed by atoms with E-state index < -0.39 is 6.04 Å². The van der Waals surface area contributed by atoms with Crippen molar-refractivity contribution in [3.8, 4) is 11.5 Å². The van der Waals surface area contributed by atoms with Gasteiger partial charge in [0.25, 0.3) is 5.91 Å². The summed E-state index contributed by atoms with van der Waals surface area (Å²) in [6.45, 7) is 8.39. The summed E-state index contributed by atoms with van der Waals surface area (Å²) in [6, 6.07) is 12.7. The van der Waals surface area contributed by atoms with Gasteiger partial charge in [0.05, 0.1) is 7.11 Å². The third-order valence-corrected chi connectivity index (χ3v) is 4.92. The molecule has 30 heavy (non-hydrogen) atoms. The van der Waals surface area contributed by atoms with Crippen LogP contribution in [0.1, 0.15) is 37.0 Å². The zero-order valence-electron chi connectivity index (χ0n) is 18.5. The molecular formula is C24H32N2O4. The molecule has 0 saturated heterocycles. The third kappa shape index (κ3) is 6.51. The number of rotatable bonds is 10. The lowest BCUT2D eigenvalue weighted by atomic mass is 10.1. The van der Waals surface area contributed by atoms with Crippen molar-refractivity contribution in [2.45, 2.75) is 46.7 Å². The van der Waals surface area contributed by atoms with E-state index in [4.69, 9.17) is 9.47 Å². The van der Waals surface area contributed by atoms with Crippen LogP contribution in [0.4, 0.5) is 0 Å². The molecule has 6 heteroatoms. The first kappa shape index (κ1) is 23.3. The average molecular weight is 413 g/mol. The standard InChI is InChI=1S/C24H32N2O4/c1-6-13-25-24(28)19(4)26(15-20-9-11-21(29-5)12-10-20)23(27)16-30-22-14-17(2)7-8-18(22)3/h7-12,14,19H,6,13,15-16H2,1-5H3,(H,25,28)/t19-/m0/s1. The smallest absolute Gasteiger partial charge is 0.261 e. The van der Waals surface area contributed by atoms with Gasteiger partial charge in [0, 0.05) is 13.1 Å². The Balaban J connectivity index is 2.16. The fourth-order valence-electron chi connectivity index (χ4n) is 2.99. The van der Waals surface area contributed by atoms with Crippen LogP contribution in [0.25, 0.3) is 0 Å². The fourth-order valence-corrected chi connectivity index (χ4v) is 2.99. The van der Waals surface area contributed by atoms with E-state index in [1.54, 1.807) is 18.9 Å². The molecule has 2 aromatic rings. The van der Waals surface area contributed by atoms with Crippen LogP contribution >= 0.6 is 0 Å². The first-order valence-corrected chi connectivity index (χ1v) is 10.3. The Morgan fingerprint density at radius 1 is 1.10 bits per heavy atom. The Morgan fingerprint density at radius 2 is 1.80 bits per heavy atom. The van der Waals surface area contributed by atoms with Gasteiger partial charge in [-0.3, -0.25) is 9.59 Å². The molecule has 2 amide bonds. The lowest BCUT2D eigenvalue weighted by molar-refractivity contribution is -0.142. The molecule has 0 aliphatic heterocycles. The van der Waals surface area contributed by atoms with Crippen LogP contribution in [-0.2, 0) is 16.1 Å². The molecule has 1 atom stereocenters. The second-order valence-corrected chi connectivity index (χ2v) is 7.39. The zero-order valence-corrected chi connectivity index (χ0v) is 18.5. The second-order valence-electron chi connectivity index (χ2n) is 7.39. The summed E-state index contributed by atoms with van der Waals surface area (Å²) in [7, 11) is 1.61. The van der Waals surface area contributed by atoms with Gasteiger partial charge in [-0.2, -0.15) is 0 Å². The average Bonchev–Trinajstić information content (AvgIpc) is 2.76. The Bertz CT molecular complexity index is 849. The number of hydrogen-bond donors (Lipinski definition) is 1. The Morgan fingerprint density at radius 3 is 2.43 bits per heavy atom. The van der Waals surface area contributed by atoms with Crippen molar-refractivity contribution in [3.63, 3.8) is 0 Å². The number of benzene rings is 2. The van der Waals surface area contributed by atoms with Gasteiger partial charge in [-0.1, -0.05) is 31.2 Å². The summed E-state index contributed by atoms with van der Waals surface area (Å²) in [5.41, 5.74) is 2.93. The molecule has 0 aliphatic carbocycles. The van der Waals surface area contributed by atoms with Gasteiger partial charge < -0.3 is 19.7 Å². The Hall–Kier alpha value is -3.02. The Kier molecular flexibility index (Phi) is 8.71. The summed E-state index contributed by atoms with van der Waals surface area (Å²) < 4.78 is 11.0. The van der Waals surface area contributed by atoms with E-state index in [-0.39, 0.29) is 18.4 Å². The van der Waals surface area contributed by atoms with Gasteiger partial charge >= 0.3 is 0 Å². The van der Waals surface area contributed by atoms with Gasteiger partial charge in [0.2, 0.25) is 5.91 Å². The van der Waals surface area contributed by atoms with Crippen LogP contribution in [0.3, 0.4) is 0 Å². The van der Waals surface area contributed by atoms with Crippen molar-refractivity contribution >= 4 is 11.8 Å². The topological polar surface area (TPSA) is 67.9 Å². The summed E-state index contributed by atoms with van der Waals surface area (Å²) in [5.74, 6) is 0.996. The number of aryl methyl sites for hydroxylation is 2. The molecule has 0 aromatic heterocycles. The van der Waals surface area contributed by atoms with E-state index in [2.05, 4.69) is 5.32 Å². The lowest BCUT2D eigenvalue weighted by Gasteiger charge is -2.29. The fraction of sp³-hybridized carbons (Fsp3) is 0.417. The molecule has 0 saturated carbocycles. The SMILES string of the molecule is CCCNC(=O)[C@H](C)N(Cc1ccc(OC)cc1)C(=O)COc1cc(C)ccc1C. The van der Waals surface area contributed by atoms with Gasteiger partial charge in [-0.25, -0.2) is 0 Å². The quantitative estimate of drug-likeness (QED) is 0.647. The van der Waals surface area contributed by atoms with Crippen molar-refractivity contribution in [2.75, 3.05) is 20.3 Å². The van der Waals surface area contributed by atoms with E-state index in [0.717, 1.165) is 28.9 Å². The van der Waals surface area contributed by atoms with Gasteiger partial charge in [-0.05, 0) is 62.1 Å². The van der Waals surface area contributed by atoms with Crippen LogP contribution in [0.15, 0.2) is 42.5 Å². The summed E-state index contributed by atoms with van der Waals surface area (Å²) >= 11 is 0. The van der Waals surface area contributed by atoms with Crippen LogP contribution in [0.5, 0.6) is 11.5 Å². The molecule has 0 heterocycles. The van der Waals surface area contributed by atoms with E-state index in [1.165, 1.54) is 0 Å². The molecule has 0 spiro atoms. The van der Waals surface area contributed by atoms with Gasteiger partial charge in [0.15, 0.2) is 6.61 Å². The maximum atomic E-state index is 13.1. The molecule has 1 N–H and O–H groups in total. The number of nitrogens with zero attached hydrogens (tertiary/aromatic N) is 1. The zero-order chi connectivity index (χ0) is 22.1. The van der Waals surface area contributed by atoms with Crippen molar-refractivity contribution in [1.82, 2.24) is 10.2 Å². The van der Waals surface area contributed by atoms with E-state index in [1.807, 2.05) is 63.2 Å². The molecular weight excluding hydrogens is 380 g/mol. The Labute approximate surface area is 179 Å². The highest BCUT2D eigenvalue weighted by molar-refractivity contribution is 5.88. The highest BCUT2D eigenvalue weighted by atomic mass is 16.5. The highest BCUT2D eigenvalue weighted by Crippen LogP contribution is 2.20. The van der Waals surface area contributed by atoms with Crippen molar-refractivity contribution in [1.29, 1.82) is 0 Å². The van der Waals surface area contributed by atoms with Crippen molar-refractivity contribution in [2.24, 2.45) is 0 Å². The molecule has 162 valence electrons. The molecule has 0 aliphatic rings. The van der Waals surface area contributed by atoms with E-state index in [9.17, 15) is 9.59 Å². The number of carbonyl (C=O) groups is 2. The minimum Gasteiger partial charge on any atom is -0.497 e. The number of carbonyl (C=O) groups excluding carboxylic acids is 2. The van der Waals surface area contributed by atoms with Crippen LogP contribution in [0.2, 0.25) is 0 Å². The normalized spacial score (nSPS) is 11.5. The number of ether oxygens (including phenoxy) is 2. The molecule has 2 rings (SSSR count). The summed E-state index contributed by atoms with van der Waals surface area (Å²) in [6.07, 6.45) is 0.834. The first-order valence-electron chi connectivity index (χ1n) is 10.3. The highest BCUT2D eigenvalue weighted by Gasteiger charge is 2.26. The minimum atomic E-state index is -0.617. The third-order valence-electron chi connectivity index (χ3n) is 4.92. The molecule has 0 unspecified atom stereocenters. The van der Waals surface area contributed by atoms with E-state index >= 15 is 0 Å². The molecule has 6 nitrogen and oxygen atoms in total. The molecule has 0 fully saturated rings. The number of methoxy groups -OCH3 is 1. The number of amides is 2. The van der Waals surface area contributed by atoms with Gasteiger partial charge in [-0.15, -0.1) is 0 Å². The number of nitrogens with one attached hydrogen (secondary N) is 1. The monoisotopic (exact) mass is 412 g/mol. The van der Waals surface area contributed by atoms with Crippen molar-refractivity contribution in [3.05, 3.63) is 59.2 Å². The maximum Gasteiger partial charge on any atom is 0.261 e. The van der Waals surface area contributed by atoms with E-state index in [0.29, 0.717) is 18.8 Å². The largest absolute Gasteiger partial charge is 0.497 e. The predicted molar refractivity (Wildman–Crippen MR) is 118 cm³/mol. The minimum absolute atomic E-state index is 0.133. The van der Waals surface area contributed by atoms with Crippen molar-refractivity contribution < 1.29 is 19.1 Å².